The fourth-order valence-electron chi connectivity index (χ4n) is 2.79. The summed E-state index contributed by atoms with van der Waals surface area (Å²) in [5.41, 5.74) is 0. The van der Waals surface area contributed by atoms with Crippen LogP contribution in [0.4, 0.5) is 0 Å². The summed E-state index contributed by atoms with van der Waals surface area (Å²) in [7, 11) is 0. The van der Waals surface area contributed by atoms with E-state index in [-0.39, 0.29) is 0 Å². The highest BCUT2D eigenvalue weighted by Crippen LogP contribution is 2.20. The molecule has 0 aromatic rings. The highest BCUT2D eigenvalue weighted by Gasteiger charge is 2.21. The van der Waals surface area contributed by atoms with Gasteiger partial charge in [-0.25, -0.2) is 9.98 Å². The number of thioether (sulfide) groups is 2. The van der Waals surface area contributed by atoms with E-state index >= 15 is 0 Å². The quantitative estimate of drug-likeness (QED) is 0.643. The summed E-state index contributed by atoms with van der Waals surface area (Å²) in [6.07, 6.45) is 5.23. The first-order chi connectivity index (χ1) is 14.0. The molecule has 4 rings (SSSR count). The zero-order chi connectivity index (χ0) is 21.1. The Labute approximate surface area is 184 Å². The zero-order valence-corrected chi connectivity index (χ0v) is 19.7. The SMILES string of the molecule is CCC(C)C.N=C1CSC(N2CCCCC2)=N1.N=C1CSC(N2CCOCC2)=N1. The fraction of sp³-hybridized carbons (Fsp3) is 0.800. The molecule has 0 aromatic carbocycles. The van der Waals surface area contributed by atoms with Gasteiger partial charge in [0, 0.05) is 26.2 Å². The maximum absolute atomic E-state index is 7.36. The van der Waals surface area contributed by atoms with Crippen molar-refractivity contribution in [3.63, 3.8) is 0 Å². The molecule has 0 bridgehead atoms. The van der Waals surface area contributed by atoms with Gasteiger partial charge in [0.05, 0.1) is 24.7 Å². The van der Waals surface area contributed by atoms with Crippen LogP contribution < -0.4 is 0 Å². The number of nitrogens with one attached hydrogen (secondary N) is 2. The molecule has 2 fully saturated rings. The van der Waals surface area contributed by atoms with E-state index in [0.29, 0.717) is 11.7 Å². The van der Waals surface area contributed by atoms with Gasteiger partial charge in [-0.15, -0.1) is 0 Å². The summed E-state index contributed by atoms with van der Waals surface area (Å²) in [6, 6.07) is 0. The van der Waals surface area contributed by atoms with Crippen LogP contribution >= 0.6 is 23.5 Å². The summed E-state index contributed by atoms with van der Waals surface area (Å²) < 4.78 is 5.23. The maximum atomic E-state index is 7.36. The third kappa shape index (κ3) is 9.09. The molecule has 2 saturated heterocycles. The van der Waals surface area contributed by atoms with Crippen molar-refractivity contribution >= 4 is 45.5 Å². The van der Waals surface area contributed by atoms with Crippen LogP contribution in [0, 0.1) is 16.7 Å². The van der Waals surface area contributed by atoms with Gasteiger partial charge >= 0.3 is 0 Å². The molecule has 0 saturated carbocycles. The Hall–Kier alpha value is -1.06. The second-order valence-corrected chi connectivity index (χ2v) is 9.59. The summed E-state index contributed by atoms with van der Waals surface area (Å²) >= 11 is 3.36. The third-order valence-corrected chi connectivity index (χ3v) is 6.91. The van der Waals surface area contributed by atoms with E-state index in [1.165, 1.54) is 25.7 Å². The molecule has 4 aliphatic rings. The van der Waals surface area contributed by atoms with Crippen LogP contribution in [-0.4, -0.2) is 82.7 Å². The topological polar surface area (TPSA) is 88.1 Å². The van der Waals surface area contributed by atoms with Crippen LogP contribution in [0.3, 0.4) is 0 Å². The van der Waals surface area contributed by atoms with Gasteiger partial charge in [-0.3, -0.25) is 10.8 Å². The van der Waals surface area contributed by atoms with E-state index in [1.54, 1.807) is 23.5 Å². The van der Waals surface area contributed by atoms with Crippen molar-refractivity contribution in [3.05, 3.63) is 0 Å². The van der Waals surface area contributed by atoms with Crippen molar-refractivity contribution in [2.45, 2.75) is 46.5 Å². The van der Waals surface area contributed by atoms with Crippen molar-refractivity contribution in [1.82, 2.24) is 9.80 Å². The number of rotatable bonds is 1. The fourth-order valence-corrected chi connectivity index (χ4v) is 4.53. The van der Waals surface area contributed by atoms with Gasteiger partial charge in [0.15, 0.2) is 10.3 Å². The lowest BCUT2D eigenvalue weighted by Crippen LogP contribution is -2.38. The zero-order valence-electron chi connectivity index (χ0n) is 18.1. The van der Waals surface area contributed by atoms with Crippen molar-refractivity contribution in [2.75, 3.05) is 50.9 Å². The van der Waals surface area contributed by atoms with Crippen molar-refractivity contribution in [1.29, 1.82) is 10.8 Å². The van der Waals surface area contributed by atoms with Crippen LogP contribution in [-0.2, 0) is 4.74 Å². The molecule has 164 valence electrons. The largest absolute Gasteiger partial charge is 0.378 e. The first kappa shape index (κ1) is 24.2. The predicted molar refractivity (Wildman–Crippen MR) is 128 cm³/mol. The van der Waals surface area contributed by atoms with Crippen molar-refractivity contribution in [3.8, 4) is 0 Å². The lowest BCUT2D eigenvalue weighted by Gasteiger charge is -2.27. The van der Waals surface area contributed by atoms with E-state index in [2.05, 4.69) is 40.6 Å². The van der Waals surface area contributed by atoms with Crippen LogP contribution in [0.25, 0.3) is 0 Å². The number of hydrogen-bond donors (Lipinski definition) is 2. The molecule has 2 N–H and O–H groups in total. The average Bonchev–Trinajstić information content (AvgIpc) is 3.39. The molecule has 0 aromatic heterocycles. The predicted octanol–water partition coefficient (Wildman–Crippen LogP) is 4.00. The van der Waals surface area contributed by atoms with Crippen molar-refractivity contribution < 1.29 is 4.74 Å². The molecule has 0 atom stereocenters. The van der Waals surface area contributed by atoms with Crippen molar-refractivity contribution in [2.24, 2.45) is 15.9 Å². The molecule has 0 amide bonds. The normalized spacial score (nSPS) is 21.9. The molecule has 0 spiro atoms. The lowest BCUT2D eigenvalue weighted by molar-refractivity contribution is 0.0694. The Bertz CT molecular complexity index is 548. The summed E-state index contributed by atoms with van der Waals surface area (Å²) in [5.74, 6) is 3.40. The Balaban J connectivity index is 0.000000170. The minimum absolute atomic E-state index is 0.487. The van der Waals surface area contributed by atoms with Gasteiger partial charge in [-0.2, -0.15) is 0 Å². The first-order valence-corrected chi connectivity index (χ1v) is 12.6. The Morgan fingerprint density at radius 2 is 1.31 bits per heavy atom. The van der Waals surface area contributed by atoms with E-state index < -0.39 is 0 Å². The molecule has 0 aliphatic carbocycles. The van der Waals surface area contributed by atoms with Crippen LogP contribution in [0.15, 0.2) is 9.98 Å². The molecule has 4 heterocycles. The number of likely N-dealkylation sites (tertiary alicyclic amines) is 1. The standard InChI is InChI=1S/C8H13N3S.C7H11N3OS.C5H12/c9-7-6-12-8(10-7)11-4-2-1-3-5-11;8-6-5-12-7(9-6)10-1-3-11-4-2-10;1-4-5(2)3/h9H,1-6H2;8H,1-5H2;5H,4H2,1-3H3. The molecule has 9 heteroatoms. The average molecular weight is 441 g/mol. The van der Waals surface area contributed by atoms with Crippen LogP contribution in [0.1, 0.15) is 46.5 Å². The van der Waals surface area contributed by atoms with Gasteiger partial charge in [0.2, 0.25) is 0 Å². The lowest BCUT2D eigenvalue weighted by atomic mass is 10.1. The van der Waals surface area contributed by atoms with Gasteiger partial charge in [-0.05, 0) is 25.2 Å². The summed E-state index contributed by atoms with van der Waals surface area (Å²) in [6.45, 7) is 12.3. The van der Waals surface area contributed by atoms with Gasteiger partial charge < -0.3 is 14.5 Å². The van der Waals surface area contributed by atoms with E-state index in [4.69, 9.17) is 15.6 Å². The Morgan fingerprint density at radius 1 is 0.862 bits per heavy atom. The van der Waals surface area contributed by atoms with Crippen LogP contribution in [0.2, 0.25) is 0 Å². The second-order valence-electron chi connectivity index (χ2n) is 7.71. The third-order valence-electron chi connectivity index (χ3n) is 4.86. The van der Waals surface area contributed by atoms with E-state index in [1.807, 2.05) is 0 Å². The van der Waals surface area contributed by atoms with Gasteiger partial charge in [0.1, 0.15) is 11.7 Å². The molecule has 4 aliphatic heterocycles. The second kappa shape index (κ2) is 13.3. The number of hydrogen-bond acceptors (Lipinski definition) is 7. The molecular weight excluding hydrogens is 404 g/mol. The number of amidine groups is 4. The van der Waals surface area contributed by atoms with E-state index in [0.717, 1.165) is 67.2 Å². The Kier molecular flexibility index (Phi) is 11.1. The maximum Gasteiger partial charge on any atom is 0.166 e. The number of nitrogens with zero attached hydrogens (tertiary/aromatic N) is 4. The highest BCUT2D eigenvalue weighted by atomic mass is 32.2. The van der Waals surface area contributed by atoms with E-state index in [9.17, 15) is 0 Å². The van der Waals surface area contributed by atoms with Gasteiger partial charge in [0.25, 0.3) is 0 Å². The minimum Gasteiger partial charge on any atom is -0.378 e. The Morgan fingerprint density at radius 3 is 1.69 bits per heavy atom. The minimum atomic E-state index is 0.487. The molecular formula is C20H36N6OS2. The molecule has 29 heavy (non-hydrogen) atoms. The number of morpholine rings is 1. The molecule has 0 radical (unpaired) electrons. The highest BCUT2D eigenvalue weighted by molar-refractivity contribution is 8.15. The van der Waals surface area contributed by atoms with Crippen LogP contribution in [0.5, 0.6) is 0 Å². The summed E-state index contributed by atoms with van der Waals surface area (Å²) in [4.78, 5) is 12.9. The number of piperidine rings is 1. The summed E-state index contributed by atoms with van der Waals surface area (Å²) in [5, 5.41) is 16.8. The number of ether oxygens (including phenoxy) is 1. The first-order valence-electron chi connectivity index (χ1n) is 10.6. The van der Waals surface area contributed by atoms with Gasteiger partial charge in [-0.1, -0.05) is 50.7 Å². The monoisotopic (exact) mass is 440 g/mol. The molecule has 7 nitrogen and oxygen atoms in total. The smallest absolute Gasteiger partial charge is 0.166 e. The molecule has 0 unspecified atom stereocenters. The number of aliphatic imine (C=N–C) groups is 2.